The first-order valence-electron chi connectivity index (χ1n) is 8.69. The lowest BCUT2D eigenvalue weighted by Gasteiger charge is -2.13. The van der Waals surface area contributed by atoms with Gasteiger partial charge in [0, 0.05) is 30.1 Å². The molecule has 0 N–H and O–H groups in total. The maximum Gasteiger partial charge on any atom is 0.337 e. The van der Waals surface area contributed by atoms with E-state index in [2.05, 4.69) is 15.0 Å². The summed E-state index contributed by atoms with van der Waals surface area (Å²) in [6, 6.07) is 12.6. The molecule has 0 radical (unpaired) electrons. The predicted octanol–water partition coefficient (Wildman–Crippen LogP) is 2.86. The van der Waals surface area contributed by atoms with Gasteiger partial charge in [0.15, 0.2) is 5.82 Å². The predicted molar refractivity (Wildman–Crippen MR) is 103 cm³/mol. The van der Waals surface area contributed by atoms with E-state index in [9.17, 15) is 9.59 Å². The van der Waals surface area contributed by atoms with Crippen LogP contribution in [0.5, 0.6) is 11.6 Å². The first-order chi connectivity index (χ1) is 14.2. The third kappa shape index (κ3) is 3.02. The number of carbonyl (C=O) groups is 2. The van der Waals surface area contributed by atoms with Gasteiger partial charge in [-0.05, 0) is 24.3 Å². The van der Waals surface area contributed by atoms with Crippen molar-refractivity contribution in [1.82, 2.24) is 19.5 Å². The van der Waals surface area contributed by atoms with Crippen molar-refractivity contribution in [1.29, 1.82) is 0 Å². The molecule has 3 heterocycles. The zero-order chi connectivity index (χ0) is 19.8. The molecule has 140 valence electrons. The number of carbonyl (C=O) groups excluding carboxylic acids is 2. The Labute approximate surface area is 164 Å². The molecular weight excluding hydrogens is 372 g/mol. The monoisotopic (exact) mass is 384 g/mol. The summed E-state index contributed by atoms with van der Waals surface area (Å²) in [7, 11) is 0. The number of hydrogen-bond donors (Lipinski definition) is 0. The first-order valence-corrected chi connectivity index (χ1v) is 8.69. The number of esters is 2. The minimum absolute atomic E-state index is 0.0189. The Morgan fingerprint density at radius 3 is 2.52 bits per heavy atom. The molecule has 2 aromatic heterocycles. The molecule has 1 aliphatic heterocycles. The Bertz CT molecular complexity index is 1300. The summed E-state index contributed by atoms with van der Waals surface area (Å²) in [5.74, 6) is -0.817. The smallest absolute Gasteiger partial charge is 0.337 e. The Morgan fingerprint density at radius 2 is 1.69 bits per heavy atom. The fraction of sp³-hybridized carbons (Fsp3) is 0. The molecule has 0 amide bonds. The molecule has 2 aromatic carbocycles. The van der Waals surface area contributed by atoms with Crippen LogP contribution < -0.4 is 9.47 Å². The van der Waals surface area contributed by atoms with Crippen molar-refractivity contribution in [2.75, 3.05) is 0 Å². The highest BCUT2D eigenvalue weighted by atomic mass is 16.6. The molecule has 4 aromatic rings. The number of nitrogens with zero attached hydrogens (tertiary/aromatic N) is 4. The molecule has 8 heteroatoms. The van der Waals surface area contributed by atoms with Crippen LogP contribution in [0.25, 0.3) is 28.0 Å². The van der Waals surface area contributed by atoms with Crippen molar-refractivity contribution in [3.05, 3.63) is 73.3 Å². The van der Waals surface area contributed by atoms with E-state index in [0.29, 0.717) is 16.7 Å². The van der Waals surface area contributed by atoms with Gasteiger partial charge < -0.3 is 14.0 Å². The van der Waals surface area contributed by atoms with E-state index in [1.54, 1.807) is 30.7 Å². The maximum absolute atomic E-state index is 12.1. The zero-order valence-corrected chi connectivity index (χ0v) is 14.9. The molecule has 0 atom stereocenters. The first kappa shape index (κ1) is 16.8. The van der Waals surface area contributed by atoms with Gasteiger partial charge in [0.2, 0.25) is 5.88 Å². The number of rotatable bonds is 2. The number of hydrogen-bond acceptors (Lipinski definition) is 7. The van der Waals surface area contributed by atoms with Gasteiger partial charge >= 0.3 is 11.9 Å². The molecule has 0 saturated carbocycles. The minimum atomic E-state index is -0.729. The van der Waals surface area contributed by atoms with E-state index in [1.807, 2.05) is 35.0 Å². The van der Waals surface area contributed by atoms with Gasteiger partial charge in [-0.15, -0.1) is 0 Å². The van der Waals surface area contributed by atoms with E-state index >= 15 is 0 Å². The largest absolute Gasteiger partial charge is 0.422 e. The maximum atomic E-state index is 12.1. The van der Waals surface area contributed by atoms with Crippen LogP contribution in [0.1, 0.15) is 0 Å². The molecule has 1 aliphatic rings. The number of benzene rings is 2. The van der Waals surface area contributed by atoms with Crippen LogP contribution in [0, 0.1) is 0 Å². The third-order valence-corrected chi connectivity index (χ3v) is 4.34. The molecule has 29 heavy (non-hydrogen) atoms. The Balaban J connectivity index is 1.77. The molecule has 0 bridgehead atoms. The van der Waals surface area contributed by atoms with Gasteiger partial charge in [0.05, 0.1) is 17.5 Å². The van der Waals surface area contributed by atoms with Crippen molar-refractivity contribution >= 4 is 22.8 Å². The van der Waals surface area contributed by atoms with Crippen LogP contribution in [0.4, 0.5) is 0 Å². The normalized spacial score (nSPS) is 14.5. The third-order valence-electron chi connectivity index (χ3n) is 4.34. The summed E-state index contributed by atoms with van der Waals surface area (Å²) in [4.78, 5) is 37.2. The highest BCUT2D eigenvalue weighted by Gasteiger charge is 2.21. The van der Waals surface area contributed by atoms with E-state index in [4.69, 9.17) is 9.47 Å². The van der Waals surface area contributed by atoms with Gasteiger partial charge in [-0.25, -0.2) is 19.6 Å². The Hall–Kier alpha value is -4.33. The number of ether oxygens (including phenoxy) is 2. The molecule has 8 nitrogen and oxygen atoms in total. The van der Waals surface area contributed by atoms with Gasteiger partial charge in [0.1, 0.15) is 11.1 Å². The quantitative estimate of drug-likeness (QED) is 0.387. The molecule has 0 spiro atoms. The topological polar surface area (TPSA) is 96.2 Å². The lowest BCUT2D eigenvalue weighted by atomic mass is 10.1. The Morgan fingerprint density at radius 1 is 0.862 bits per heavy atom. The van der Waals surface area contributed by atoms with Gasteiger partial charge in [-0.1, -0.05) is 18.2 Å². The summed E-state index contributed by atoms with van der Waals surface area (Å²) < 4.78 is 12.6. The van der Waals surface area contributed by atoms with Crippen molar-refractivity contribution in [3.63, 3.8) is 0 Å². The van der Waals surface area contributed by atoms with Crippen molar-refractivity contribution < 1.29 is 19.1 Å². The summed E-state index contributed by atoms with van der Waals surface area (Å²) in [5, 5.41) is 0.349. The zero-order valence-electron chi connectivity index (χ0n) is 14.9. The molecule has 0 fully saturated rings. The fourth-order valence-corrected chi connectivity index (χ4v) is 3.10. The van der Waals surface area contributed by atoms with Gasteiger partial charge in [-0.2, -0.15) is 4.98 Å². The Kier molecular flexibility index (Phi) is 3.87. The van der Waals surface area contributed by atoms with Crippen LogP contribution in [0.2, 0.25) is 0 Å². The molecule has 0 saturated heterocycles. The second kappa shape index (κ2) is 6.68. The molecule has 5 rings (SSSR count). The van der Waals surface area contributed by atoms with Crippen LogP contribution in [-0.4, -0.2) is 31.5 Å². The second-order valence-corrected chi connectivity index (χ2v) is 6.17. The van der Waals surface area contributed by atoms with Crippen LogP contribution in [-0.2, 0) is 9.59 Å². The summed E-state index contributed by atoms with van der Waals surface area (Å²) in [6.45, 7) is 0. The van der Waals surface area contributed by atoms with Crippen LogP contribution in [0.15, 0.2) is 73.3 Å². The van der Waals surface area contributed by atoms with Crippen molar-refractivity contribution in [3.8, 4) is 28.7 Å². The highest BCUT2D eigenvalue weighted by Crippen LogP contribution is 2.35. The van der Waals surface area contributed by atoms with Gasteiger partial charge in [0.25, 0.3) is 0 Å². The lowest BCUT2D eigenvalue weighted by molar-refractivity contribution is -0.131. The van der Waals surface area contributed by atoms with Crippen molar-refractivity contribution in [2.24, 2.45) is 0 Å². The highest BCUT2D eigenvalue weighted by molar-refractivity contribution is 6.00. The average molecular weight is 384 g/mol. The van der Waals surface area contributed by atoms with Crippen molar-refractivity contribution in [2.45, 2.75) is 0 Å². The number of para-hydroxylation sites is 1. The second-order valence-electron chi connectivity index (χ2n) is 6.17. The molecule has 0 unspecified atom stereocenters. The fourth-order valence-electron chi connectivity index (χ4n) is 3.10. The summed E-state index contributed by atoms with van der Waals surface area (Å²) in [5.41, 5.74) is 2.01. The standard InChI is InChI=1S/C21H12N4O4/c26-17-8-9-18(27)29-21-19-14(5-3-7-16(19)28-17)23-20(24-21)13-4-1-2-6-15(13)25-11-10-22-12-25/h1-12H/b9-8-. The van der Waals surface area contributed by atoms with E-state index in [0.717, 1.165) is 23.4 Å². The summed E-state index contributed by atoms with van der Waals surface area (Å²) >= 11 is 0. The SMILES string of the molecule is O=C1/C=C\C(=O)Oc2nc(-c3ccccc3-n3ccnc3)nc3cccc(c23)O1. The number of aromatic nitrogens is 4. The van der Waals surface area contributed by atoms with Crippen LogP contribution >= 0.6 is 0 Å². The molecule has 0 aliphatic carbocycles. The summed E-state index contributed by atoms with van der Waals surface area (Å²) in [6.07, 6.45) is 7.17. The van der Waals surface area contributed by atoms with Gasteiger partial charge in [-0.3, -0.25) is 0 Å². The van der Waals surface area contributed by atoms with Crippen LogP contribution in [0.3, 0.4) is 0 Å². The minimum Gasteiger partial charge on any atom is -0.422 e. The van der Waals surface area contributed by atoms with E-state index < -0.39 is 11.9 Å². The molecular formula is C21H12N4O4. The van der Waals surface area contributed by atoms with E-state index in [-0.39, 0.29) is 11.6 Å². The number of imidazole rings is 1. The van der Waals surface area contributed by atoms with E-state index in [1.165, 1.54) is 0 Å². The average Bonchev–Trinajstić information content (AvgIpc) is 3.27. The lowest BCUT2D eigenvalue weighted by Crippen LogP contribution is -2.07.